The number of aryl methyl sites for hydroxylation is 2. The molecule has 0 amide bonds. The van der Waals surface area contributed by atoms with E-state index in [2.05, 4.69) is 20.9 Å². The first kappa shape index (κ1) is 16.1. The molecule has 0 unspecified atom stereocenters. The summed E-state index contributed by atoms with van der Waals surface area (Å²) in [5.41, 5.74) is 1.37. The molecule has 0 N–H and O–H groups in total. The molecular formula is C16H14BrFN2O2S. The molecule has 1 aromatic carbocycles. The van der Waals surface area contributed by atoms with Crippen molar-refractivity contribution in [2.75, 3.05) is 0 Å². The molecule has 3 aromatic rings. The normalized spacial score (nSPS) is 12.0. The zero-order chi connectivity index (χ0) is 16.8. The number of benzene rings is 1. The molecule has 0 bridgehead atoms. The van der Waals surface area contributed by atoms with E-state index in [9.17, 15) is 12.8 Å². The van der Waals surface area contributed by atoms with E-state index in [0.29, 0.717) is 25.8 Å². The van der Waals surface area contributed by atoms with Gasteiger partial charge in [-0.15, -0.1) is 0 Å². The summed E-state index contributed by atoms with van der Waals surface area (Å²) in [6, 6.07) is 7.99. The van der Waals surface area contributed by atoms with E-state index in [1.54, 1.807) is 25.1 Å². The molecule has 2 heterocycles. The lowest BCUT2D eigenvalue weighted by atomic mass is 10.2. The molecule has 0 fully saturated rings. The third-order valence-electron chi connectivity index (χ3n) is 3.69. The first-order chi connectivity index (χ1) is 10.9. The lowest BCUT2D eigenvalue weighted by molar-refractivity contribution is 0.537. The van der Waals surface area contributed by atoms with Gasteiger partial charge in [-0.3, -0.25) is 0 Å². The molecule has 0 radical (unpaired) electrons. The van der Waals surface area contributed by atoms with Crippen LogP contribution in [-0.2, 0) is 16.4 Å². The Balaban J connectivity index is 2.35. The summed E-state index contributed by atoms with van der Waals surface area (Å²) in [5, 5.41) is 0.495. The minimum absolute atomic E-state index is 0.0336. The number of fused-ring (bicyclic) bond motifs is 1. The average Bonchev–Trinajstić information content (AvgIpc) is 2.78. The lowest BCUT2D eigenvalue weighted by Gasteiger charge is -2.08. The van der Waals surface area contributed by atoms with Gasteiger partial charge in [0, 0.05) is 21.6 Å². The van der Waals surface area contributed by atoms with E-state index in [0.717, 1.165) is 5.56 Å². The van der Waals surface area contributed by atoms with Crippen LogP contribution in [0.3, 0.4) is 0 Å². The monoisotopic (exact) mass is 396 g/mol. The number of nitrogens with zero attached hydrogens (tertiary/aromatic N) is 2. The molecule has 0 spiro atoms. The fourth-order valence-electron chi connectivity index (χ4n) is 2.51. The van der Waals surface area contributed by atoms with Crippen molar-refractivity contribution < 1.29 is 12.8 Å². The van der Waals surface area contributed by atoms with Crippen LogP contribution >= 0.6 is 15.9 Å². The van der Waals surface area contributed by atoms with Crippen LogP contribution in [0.2, 0.25) is 0 Å². The Morgan fingerprint density at radius 1 is 1.26 bits per heavy atom. The molecule has 23 heavy (non-hydrogen) atoms. The first-order valence-electron chi connectivity index (χ1n) is 7.03. The molecule has 0 atom stereocenters. The van der Waals surface area contributed by atoms with Crippen LogP contribution in [0.4, 0.5) is 4.39 Å². The molecule has 2 aromatic heterocycles. The number of pyridine rings is 1. The fourth-order valence-corrected chi connectivity index (χ4v) is 4.23. The van der Waals surface area contributed by atoms with E-state index in [-0.39, 0.29) is 10.5 Å². The Morgan fingerprint density at radius 2 is 1.91 bits per heavy atom. The van der Waals surface area contributed by atoms with Crippen molar-refractivity contribution in [3.05, 3.63) is 58.1 Å². The molecule has 0 saturated heterocycles. The van der Waals surface area contributed by atoms with Gasteiger partial charge in [0.25, 0.3) is 10.0 Å². The third-order valence-corrected chi connectivity index (χ3v) is 5.81. The van der Waals surface area contributed by atoms with Gasteiger partial charge in [0.05, 0.1) is 4.90 Å². The Bertz CT molecular complexity index is 995. The minimum Gasteiger partial charge on any atom is -0.236 e. The summed E-state index contributed by atoms with van der Waals surface area (Å²) < 4.78 is 41.9. The average molecular weight is 397 g/mol. The maximum Gasteiger partial charge on any atom is 0.271 e. The maximum atomic E-state index is 14.8. The highest BCUT2D eigenvalue weighted by Gasteiger charge is 2.27. The fraction of sp³-hybridized carbons (Fsp3) is 0.188. The Hall–Kier alpha value is -1.73. The van der Waals surface area contributed by atoms with E-state index >= 15 is 0 Å². The Morgan fingerprint density at radius 3 is 2.52 bits per heavy atom. The van der Waals surface area contributed by atoms with E-state index < -0.39 is 16.0 Å². The zero-order valence-electron chi connectivity index (χ0n) is 12.5. The highest BCUT2D eigenvalue weighted by Crippen LogP contribution is 2.30. The van der Waals surface area contributed by atoms with Crippen LogP contribution in [0.25, 0.3) is 11.0 Å². The molecule has 7 heteroatoms. The summed E-state index contributed by atoms with van der Waals surface area (Å²) >= 11 is 3.29. The molecule has 120 valence electrons. The second kappa shape index (κ2) is 5.72. The van der Waals surface area contributed by atoms with Crippen molar-refractivity contribution in [2.24, 2.45) is 0 Å². The van der Waals surface area contributed by atoms with Crippen LogP contribution in [0.15, 0.2) is 45.9 Å². The number of rotatable bonds is 3. The van der Waals surface area contributed by atoms with Crippen LogP contribution in [0.5, 0.6) is 0 Å². The van der Waals surface area contributed by atoms with Crippen molar-refractivity contribution in [1.29, 1.82) is 0 Å². The first-order valence-corrected chi connectivity index (χ1v) is 9.26. The van der Waals surface area contributed by atoms with Crippen LogP contribution in [0.1, 0.15) is 18.1 Å². The molecule has 0 aliphatic heterocycles. The number of hydrogen-bond donors (Lipinski definition) is 0. The summed E-state index contributed by atoms with van der Waals surface area (Å²) in [7, 11) is -4.05. The zero-order valence-corrected chi connectivity index (χ0v) is 14.9. The van der Waals surface area contributed by atoms with E-state index in [1.165, 1.54) is 18.3 Å². The van der Waals surface area contributed by atoms with Gasteiger partial charge in [0.2, 0.25) is 5.95 Å². The molecular weight excluding hydrogens is 383 g/mol. The second-order valence-electron chi connectivity index (χ2n) is 5.23. The summed E-state index contributed by atoms with van der Waals surface area (Å²) in [4.78, 5) is 4.15. The molecule has 0 aliphatic carbocycles. The van der Waals surface area contributed by atoms with Gasteiger partial charge in [-0.1, -0.05) is 24.6 Å². The van der Waals surface area contributed by atoms with Gasteiger partial charge in [0.15, 0.2) is 5.65 Å². The minimum atomic E-state index is -4.05. The highest BCUT2D eigenvalue weighted by atomic mass is 79.9. The molecule has 4 nitrogen and oxygen atoms in total. The van der Waals surface area contributed by atoms with Gasteiger partial charge >= 0.3 is 0 Å². The topological polar surface area (TPSA) is 52.0 Å². The maximum absolute atomic E-state index is 14.8. The van der Waals surface area contributed by atoms with Crippen LogP contribution < -0.4 is 0 Å². The Kier molecular flexibility index (Phi) is 4.01. The van der Waals surface area contributed by atoms with Crippen LogP contribution in [-0.4, -0.2) is 17.4 Å². The predicted molar refractivity (Wildman–Crippen MR) is 90.5 cm³/mol. The molecule has 3 rings (SSSR count). The summed E-state index contributed by atoms with van der Waals surface area (Å²) in [6.45, 7) is 3.64. The number of hydrogen-bond acceptors (Lipinski definition) is 3. The standard InChI is InChI=1S/C16H14BrFN2O2S/c1-3-13-14-8-11(17)9-19-16(14)20(15(13)18)23(21,22)12-6-4-10(2)5-7-12/h4-9H,3H2,1-2H3. The van der Waals surface area contributed by atoms with Gasteiger partial charge in [-0.2, -0.15) is 8.36 Å². The smallest absolute Gasteiger partial charge is 0.236 e. The van der Waals surface area contributed by atoms with Crippen molar-refractivity contribution in [3.8, 4) is 0 Å². The summed E-state index contributed by atoms with van der Waals surface area (Å²) in [5.74, 6) is -0.784. The van der Waals surface area contributed by atoms with Crippen molar-refractivity contribution in [3.63, 3.8) is 0 Å². The van der Waals surface area contributed by atoms with Crippen molar-refractivity contribution in [1.82, 2.24) is 8.96 Å². The number of aromatic nitrogens is 2. The predicted octanol–water partition coefficient (Wildman–Crippen LogP) is 4.05. The van der Waals surface area contributed by atoms with Gasteiger partial charge in [-0.05, 0) is 47.5 Å². The number of halogens is 2. The quantitative estimate of drug-likeness (QED) is 0.670. The van der Waals surface area contributed by atoms with E-state index in [1.807, 2.05) is 6.92 Å². The lowest BCUT2D eigenvalue weighted by Crippen LogP contribution is -2.15. The molecule has 0 saturated carbocycles. The highest BCUT2D eigenvalue weighted by molar-refractivity contribution is 9.10. The molecule has 0 aliphatic rings. The SMILES string of the molecule is CCc1c(F)n(S(=O)(=O)c2ccc(C)cc2)c2ncc(Br)cc12. The van der Waals surface area contributed by atoms with Gasteiger partial charge < -0.3 is 0 Å². The van der Waals surface area contributed by atoms with Crippen LogP contribution in [0, 0.1) is 12.9 Å². The second-order valence-corrected chi connectivity index (χ2v) is 7.93. The Labute approximate surface area is 142 Å². The third kappa shape index (κ3) is 2.57. The van der Waals surface area contributed by atoms with Crippen molar-refractivity contribution >= 4 is 37.0 Å². The summed E-state index contributed by atoms with van der Waals surface area (Å²) in [6.07, 6.45) is 1.83. The van der Waals surface area contributed by atoms with Gasteiger partial charge in [-0.25, -0.2) is 13.4 Å². The van der Waals surface area contributed by atoms with Gasteiger partial charge in [0.1, 0.15) is 0 Å². The van der Waals surface area contributed by atoms with Crippen molar-refractivity contribution in [2.45, 2.75) is 25.2 Å². The largest absolute Gasteiger partial charge is 0.271 e. The van der Waals surface area contributed by atoms with E-state index in [4.69, 9.17) is 0 Å².